The van der Waals surface area contributed by atoms with Crippen LogP contribution in [0.3, 0.4) is 0 Å². The molecule has 1 heterocycles. The van der Waals surface area contributed by atoms with E-state index in [0.29, 0.717) is 41.6 Å². The summed E-state index contributed by atoms with van der Waals surface area (Å²) in [5.41, 5.74) is 4.58. The van der Waals surface area contributed by atoms with Crippen LogP contribution in [0.15, 0.2) is 18.2 Å². The number of hydrogen-bond acceptors (Lipinski definition) is 6. The summed E-state index contributed by atoms with van der Waals surface area (Å²) in [6, 6.07) is 5.11. The Labute approximate surface area is 164 Å². The summed E-state index contributed by atoms with van der Waals surface area (Å²) in [4.78, 5) is 24.6. The highest BCUT2D eigenvalue weighted by Gasteiger charge is 2.22. The first-order chi connectivity index (χ1) is 13.3. The van der Waals surface area contributed by atoms with Crippen LogP contribution in [-0.4, -0.2) is 32.1 Å². The van der Waals surface area contributed by atoms with Gasteiger partial charge in [0.1, 0.15) is 19.8 Å². The number of rotatable bonds is 5. The van der Waals surface area contributed by atoms with Crippen molar-refractivity contribution in [3.05, 3.63) is 51.6 Å². The number of Topliss-reactive ketones (excluding diaryl/α,β-unsaturated/α-hetero) is 1. The molecule has 0 radical (unpaired) electrons. The maximum absolute atomic E-state index is 12.6. The van der Waals surface area contributed by atoms with Gasteiger partial charge in [-0.05, 0) is 62.1 Å². The predicted molar refractivity (Wildman–Crippen MR) is 104 cm³/mol. The number of carbonyl (C=O) groups excluding carboxylic acids is 2. The fourth-order valence-electron chi connectivity index (χ4n) is 3.60. The smallest absolute Gasteiger partial charge is 0.338 e. The summed E-state index contributed by atoms with van der Waals surface area (Å²) in [6.07, 6.45) is 0. The molecule has 0 saturated carbocycles. The number of fused-ring (bicyclic) bond motifs is 1. The molecule has 3 rings (SSSR count). The van der Waals surface area contributed by atoms with E-state index in [-0.39, 0.29) is 12.4 Å². The monoisotopic (exact) mass is 384 g/mol. The van der Waals surface area contributed by atoms with Gasteiger partial charge in [0, 0.05) is 5.56 Å². The van der Waals surface area contributed by atoms with E-state index in [0.717, 1.165) is 22.3 Å². The zero-order valence-corrected chi connectivity index (χ0v) is 16.8. The topological polar surface area (TPSA) is 71.1 Å². The molecule has 2 aromatic carbocycles. The van der Waals surface area contributed by atoms with Crippen molar-refractivity contribution in [1.82, 2.24) is 0 Å². The van der Waals surface area contributed by atoms with E-state index >= 15 is 0 Å². The average Bonchev–Trinajstić information content (AvgIpc) is 2.65. The normalized spacial score (nSPS) is 12.5. The Morgan fingerprint density at radius 2 is 1.75 bits per heavy atom. The molecule has 0 amide bonds. The van der Waals surface area contributed by atoms with Crippen LogP contribution < -0.4 is 14.2 Å². The molecule has 0 bridgehead atoms. The lowest BCUT2D eigenvalue weighted by molar-refractivity contribution is 0.0470. The molecular weight excluding hydrogens is 360 g/mol. The second-order valence-electron chi connectivity index (χ2n) is 6.82. The van der Waals surface area contributed by atoms with E-state index in [4.69, 9.17) is 18.9 Å². The summed E-state index contributed by atoms with van der Waals surface area (Å²) in [6.45, 7) is 8.19. The van der Waals surface area contributed by atoms with E-state index in [2.05, 4.69) is 0 Å². The van der Waals surface area contributed by atoms with Crippen LogP contribution in [0.1, 0.15) is 49.9 Å². The predicted octanol–water partition coefficient (Wildman–Crippen LogP) is 3.95. The third kappa shape index (κ3) is 3.67. The Morgan fingerprint density at radius 1 is 1.04 bits per heavy atom. The third-order valence-corrected chi connectivity index (χ3v) is 4.89. The van der Waals surface area contributed by atoms with Crippen molar-refractivity contribution < 1.29 is 28.5 Å². The molecule has 6 heteroatoms. The van der Waals surface area contributed by atoms with Crippen LogP contribution >= 0.6 is 0 Å². The van der Waals surface area contributed by atoms with Crippen molar-refractivity contribution in [2.75, 3.05) is 20.3 Å². The van der Waals surface area contributed by atoms with Crippen LogP contribution in [0.4, 0.5) is 0 Å². The first-order valence-electron chi connectivity index (χ1n) is 9.08. The highest BCUT2D eigenvalue weighted by atomic mass is 16.6. The fraction of sp³-hybridized carbons (Fsp3) is 0.364. The van der Waals surface area contributed by atoms with E-state index in [9.17, 15) is 9.59 Å². The summed E-state index contributed by atoms with van der Waals surface area (Å²) in [5.74, 6) is 0.865. The molecule has 148 valence electrons. The molecule has 1 aliphatic heterocycles. The van der Waals surface area contributed by atoms with E-state index < -0.39 is 5.97 Å². The van der Waals surface area contributed by atoms with Gasteiger partial charge in [0.05, 0.1) is 12.7 Å². The molecule has 2 aromatic rings. The van der Waals surface area contributed by atoms with Gasteiger partial charge in [0.2, 0.25) is 5.75 Å². The van der Waals surface area contributed by atoms with Crippen LogP contribution in [0, 0.1) is 20.8 Å². The molecule has 0 saturated heterocycles. The molecular formula is C22H24O6. The van der Waals surface area contributed by atoms with Gasteiger partial charge in [-0.1, -0.05) is 6.07 Å². The van der Waals surface area contributed by atoms with E-state index in [1.165, 1.54) is 7.11 Å². The number of esters is 1. The molecule has 0 spiro atoms. The molecule has 0 unspecified atom stereocenters. The Bertz CT molecular complexity index is 928. The Balaban J connectivity index is 1.85. The molecule has 0 aromatic heterocycles. The number of methoxy groups -OCH3 is 1. The number of ether oxygens (including phenoxy) is 4. The zero-order valence-electron chi connectivity index (χ0n) is 16.8. The standard InChI is InChI=1S/C22H24O6/c1-12-8-13(2)20(15(4)23)14(3)17(12)11-28-22(24)16-9-18(25-5)21-19(10-16)26-6-7-27-21/h8-10H,6-7,11H2,1-5H3. The second-order valence-corrected chi connectivity index (χ2v) is 6.82. The molecule has 0 N–H and O–H groups in total. The maximum atomic E-state index is 12.6. The van der Waals surface area contributed by atoms with Crippen LogP contribution in [0.25, 0.3) is 0 Å². The number of hydrogen-bond donors (Lipinski definition) is 0. The Morgan fingerprint density at radius 3 is 2.43 bits per heavy atom. The number of ketones is 1. The van der Waals surface area contributed by atoms with Crippen molar-refractivity contribution in [3.8, 4) is 17.2 Å². The average molecular weight is 384 g/mol. The minimum absolute atomic E-state index is 0.000788. The van der Waals surface area contributed by atoms with Crippen LogP contribution in [0.2, 0.25) is 0 Å². The molecule has 28 heavy (non-hydrogen) atoms. The van der Waals surface area contributed by atoms with Gasteiger partial charge in [-0.2, -0.15) is 0 Å². The van der Waals surface area contributed by atoms with Crippen molar-refractivity contribution in [2.45, 2.75) is 34.3 Å². The first-order valence-corrected chi connectivity index (χ1v) is 9.08. The van der Waals surface area contributed by atoms with Gasteiger partial charge in [-0.3, -0.25) is 4.79 Å². The third-order valence-electron chi connectivity index (χ3n) is 4.89. The fourth-order valence-corrected chi connectivity index (χ4v) is 3.60. The molecule has 0 fully saturated rings. The minimum atomic E-state index is -0.501. The summed E-state index contributed by atoms with van der Waals surface area (Å²) < 4.78 is 22.0. The number of aryl methyl sites for hydroxylation is 2. The van der Waals surface area contributed by atoms with Crippen molar-refractivity contribution in [1.29, 1.82) is 0 Å². The van der Waals surface area contributed by atoms with Gasteiger partial charge < -0.3 is 18.9 Å². The molecule has 6 nitrogen and oxygen atoms in total. The van der Waals surface area contributed by atoms with Crippen molar-refractivity contribution in [2.24, 2.45) is 0 Å². The second kappa shape index (κ2) is 7.92. The highest BCUT2D eigenvalue weighted by Crippen LogP contribution is 2.40. The van der Waals surface area contributed by atoms with E-state index in [1.54, 1.807) is 19.1 Å². The van der Waals surface area contributed by atoms with Gasteiger partial charge in [-0.25, -0.2) is 4.79 Å². The highest BCUT2D eigenvalue weighted by molar-refractivity contribution is 5.97. The SMILES string of the molecule is COc1cc(C(=O)OCc2c(C)cc(C)c(C(C)=O)c2C)cc2c1OCCO2. The lowest BCUT2D eigenvalue weighted by Gasteiger charge is -2.21. The lowest BCUT2D eigenvalue weighted by Crippen LogP contribution is -2.17. The summed E-state index contributed by atoms with van der Waals surface area (Å²) in [7, 11) is 1.50. The Kier molecular flexibility index (Phi) is 5.58. The van der Waals surface area contributed by atoms with E-state index in [1.807, 2.05) is 26.8 Å². The maximum Gasteiger partial charge on any atom is 0.338 e. The van der Waals surface area contributed by atoms with Gasteiger partial charge >= 0.3 is 5.97 Å². The molecule has 0 atom stereocenters. The van der Waals surface area contributed by atoms with Crippen molar-refractivity contribution in [3.63, 3.8) is 0 Å². The molecule has 1 aliphatic rings. The van der Waals surface area contributed by atoms with Gasteiger partial charge in [0.25, 0.3) is 0 Å². The van der Waals surface area contributed by atoms with Gasteiger partial charge in [0.15, 0.2) is 17.3 Å². The van der Waals surface area contributed by atoms with Gasteiger partial charge in [-0.15, -0.1) is 0 Å². The lowest BCUT2D eigenvalue weighted by atomic mass is 9.92. The van der Waals surface area contributed by atoms with Crippen LogP contribution in [0.5, 0.6) is 17.2 Å². The number of carbonyl (C=O) groups is 2. The summed E-state index contributed by atoms with van der Waals surface area (Å²) >= 11 is 0. The summed E-state index contributed by atoms with van der Waals surface area (Å²) in [5, 5.41) is 0. The largest absolute Gasteiger partial charge is 0.493 e. The quantitative estimate of drug-likeness (QED) is 0.574. The van der Waals surface area contributed by atoms with Crippen molar-refractivity contribution >= 4 is 11.8 Å². The molecule has 0 aliphatic carbocycles. The number of benzene rings is 2. The minimum Gasteiger partial charge on any atom is -0.493 e. The Hall–Kier alpha value is -3.02. The first kappa shape index (κ1) is 19.7. The zero-order chi connectivity index (χ0) is 20.4. The van der Waals surface area contributed by atoms with Crippen LogP contribution in [-0.2, 0) is 11.3 Å².